The van der Waals surface area contributed by atoms with Gasteiger partial charge in [-0.2, -0.15) is 0 Å². The molecule has 0 bridgehead atoms. The second-order valence-electron chi connectivity index (χ2n) is 8.41. The van der Waals surface area contributed by atoms with Crippen molar-refractivity contribution in [3.05, 3.63) is 132 Å². The summed E-state index contributed by atoms with van der Waals surface area (Å²) in [7, 11) is 5.93. The largest absolute Gasteiger partial charge is 0.360 e. The van der Waals surface area contributed by atoms with Crippen molar-refractivity contribution in [2.45, 2.75) is 6.17 Å². The van der Waals surface area contributed by atoms with Gasteiger partial charge in [0.2, 0.25) is 0 Å². The fourth-order valence-electron chi connectivity index (χ4n) is 4.41. The number of benzene rings is 5. The molecule has 1 aliphatic heterocycles. The van der Waals surface area contributed by atoms with Crippen LogP contribution < -0.4 is 10.8 Å². The predicted octanol–water partition coefficient (Wildman–Crippen LogP) is 5.92. The first-order valence-corrected chi connectivity index (χ1v) is 11.1. The fraction of sp³-hybridized carbons (Fsp3) is 0.0333. The van der Waals surface area contributed by atoms with E-state index in [1.807, 2.05) is 12.1 Å². The third-order valence-corrected chi connectivity index (χ3v) is 6.20. The van der Waals surface area contributed by atoms with Crippen molar-refractivity contribution in [3.8, 4) is 0 Å². The average molecular weight is 420 g/mol. The molecule has 33 heavy (non-hydrogen) atoms. The average Bonchev–Trinajstić information content (AvgIpc) is 2.88. The Morgan fingerprint density at radius 2 is 1.21 bits per heavy atom. The van der Waals surface area contributed by atoms with Gasteiger partial charge >= 0.3 is 0 Å². The Hall–Kier alpha value is -4.11. The Labute approximate surface area is 194 Å². The molecule has 1 unspecified atom stereocenters. The zero-order valence-electron chi connectivity index (χ0n) is 18.1. The van der Waals surface area contributed by atoms with Crippen molar-refractivity contribution in [2.75, 3.05) is 0 Å². The lowest BCUT2D eigenvalue weighted by atomic mass is 9.93. The Bertz CT molecular complexity index is 1550. The van der Waals surface area contributed by atoms with Crippen LogP contribution in [0.4, 0.5) is 0 Å². The second kappa shape index (κ2) is 8.11. The molecule has 0 fully saturated rings. The molecule has 5 aromatic carbocycles. The van der Waals surface area contributed by atoms with Crippen LogP contribution in [0.1, 0.15) is 22.9 Å². The first kappa shape index (κ1) is 19.6. The lowest BCUT2D eigenvalue weighted by Crippen LogP contribution is -2.25. The molecule has 1 heterocycles. The summed E-state index contributed by atoms with van der Waals surface area (Å²) < 4.78 is 0. The number of allylic oxidation sites excluding steroid dienone is 1. The molecule has 2 radical (unpaired) electrons. The summed E-state index contributed by atoms with van der Waals surface area (Å²) in [4.78, 5) is 5.13. The second-order valence-corrected chi connectivity index (χ2v) is 8.41. The minimum atomic E-state index is -0.186. The molecular formula is C30H21BN2. The molecule has 3 heteroatoms. The molecule has 0 spiro atoms. The van der Waals surface area contributed by atoms with E-state index in [9.17, 15) is 0 Å². The first-order valence-electron chi connectivity index (χ1n) is 11.1. The Morgan fingerprint density at radius 1 is 0.606 bits per heavy atom. The van der Waals surface area contributed by atoms with Crippen LogP contribution in [0, 0.1) is 0 Å². The van der Waals surface area contributed by atoms with Crippen molar-refractivity contribution in [3.63, 3.8) is 0 Å². The number of fused-ring (bicyclic) bond motifs is 2. The van der Waals surface area contributed by atoms with Crippen LogP contribution in [0.25, 0.3) is 27.2 Å². The van der Waals surface area contributed by atoms with Gasteiger partial charge in [0, 0.05) is 11.3 Å². The first-order chi connectivity index (χ1) is 16.2. The SMILES string of the molecule is [B]c1ccc(C2=CC(c3ccc4ccccc4c3)=NC(c3ccc4ccccc4c3)N2)cc1. The molecule has 0 amide bonds. The van der Waals surface area contributed by atoms with Crippen LogP contribution in [-0.4, -0.2) is 13.6 Å². The van der Waals surface area contributed by atoms with Gasteiger partial charge in [0.15, 0.2) is 0 Å². The van der Waals surface area contributed by atoms with Gasteiger partial charge in [-0.15, -0.1) is 0 Å². The fourth-order valence-corrected chi connectivity index (χ4v) is 4.41. The van der Waals surface area contributed by atoms with E-state index in [4.69, 9.17) is 12.8 Å². The number of aliphatic imine (C=N–C) groups is 1. The Morgan fingerprint density at radius 3 is 1.94 bits per heavy atom. The zero-order chi connectivity index (χ0) is 22.2. The zero-order valence-corrected chi connectivity index (χ0v) is 18.1. The minimum absolute atomic E-state index is 0.186. The number of nitrogens with one attached hydrogen (secondary N) is 1. The number of rotatable bonds is 3. The molecule has 1 atom stereocenters. The topological polar surface area (TPSA) is 24.4 Å². The maximum atomic E-state index is 5.93. The number of hydrogen-bond acceptors (Lipinski definition) is 2. The molecule has 0 saturated heterocycles. The van der Waals surface area contributed by atoms with Crippen LogP contribution >= 0.6 is 0 Å². The summed E-state index contributed by atoms with van der Waals surface area (Å²) in [6.45, 7) is 0. The summed E-state index contributed by atoms with van der Waals surface area (Å²) in [6.07, 6.45) is 1.95. The third-order valence-electron chi connectivity index (χ3n) is 6.20. The van der Waals surface area contributed by atoms with E-state index in [-0.39, 0.29) is 6.17 Å². The van der Waals surface area contributed by atoms with Crippen LogP contribution in [-0.2, 0) is 0 Å². The summed E-state index contributed by atoms with van der Waals surface area (Å²) in [6, 6.07) is 37.9. The summed E-state index contributed by atoms with van der Waals surface area (Å²) in [5.74, 6) is 0. The molecule has 0 aliphatic carbocycles. The summed E-state index contributed by atoms with van der Waals surface area (Å²) in [5.41, 5.74) is 6.07. The standard InChI is InChI=1S/C30H21BN2/c31-27-15-13-22(14-16-27)28-19-29(25-11-9-20-5-1-3-7-23(20)17-25)33-30(32-28)26-12-10-21-6-2-4-8-24(21)18-26/h1-19,30,32H. The van der Waals surface area contributed by atoms with Crippen molar-refractivity contribution in [2.24, 2.45) is 4.99 Å². The molecule has 2 nitrogen and oxygen atoms in total. The van der Waals surface area contributed by atoms with Gasteiger partial charge in [0.05, 0.1) is 5.71 Å². The monoisotopic (exact) mass is 420 g/mol. The lowest BCUT2D eigenvalue weighted by molar-refractivity contribution is 0.665. The quantitative estimate of drug-likeness (QED) is 0.360. The van der Waals surface area contributed by atoms with Gasteiger partial charge in [0.1, 0.15) is 14.0 Å². The maximum absolute atomic E-state index is 5.93. The highest BCUT2D eigenvalue weighted by molar-refractivity contribution is 6.32. The molecule has 5 aromatic rings. The van der Waals surface area contributed by atoms with Crippen molar-refractivity contribution in [1.82, 2.24) is 5.32 Å². The van der Waals surface area contributed by atoms with Gasteiger partial charge in [-0.25, -0.2) is 0 Å². The van der Waals surface area contributed by atoms with Crippen molar-refractivity contribution in [1.29, 1.82) is 0 Å². The summed E-state index contributed by atoms with van der Waals surface area (Å²) in [5, 5.41) is 8.51. The van der Waals surface area contributed by atoms with Gasteiger partial charge in [-0.3, -0.25) is 4.99 Å². The number of hydrogen-bond donors (Lipinski definition) is 1. The molecule has 6 rings (SSSR count). The molecule has 154 valence electrons. The smallest absolute Gasteiger partial charge is 0.145 e. The van der Waals surface area contributed by atoms with E-state index in [1.165, 1.54) is 21.5 Å². The Balaban J connectivity index is 1.48. The Kier molecular flexibility index (Phi) is 4.81. The number of nitrogens with zero attached hydrogens (tertiary/aromatic N) is 1. The lowest BCUT2D eigenvalue weighted by Gasteiger charge is -2.25. The molecule has 1 aliphatic rings. The highest BCUT2D eigenvalue weighted by Gasteiger charge is 2.20. The van der Waals surface area contributed by atoms with Gasteiger partial charge in [-0.05, 0) is 50.9 Å². The van der Waals surface area contributed by atoms with E-state index in [2.05, 4.69) is 108 Å². The van der Waals surface area contributed by atoms with Crippen molar-refractivity contribution >= 4 is 46.3 Å². The highest BCUT2D eigenvalue weighted by Crippen LogP contribution is 2.29. The van der Waals surface area contributed by atoms with E-state index < -0.39 is 0 Å². The summed E-state index contributed by atoms with van der Waals surface area (Å²) >= 11 is 0. The third kappa shape index (κ3) is 3.83. The van der Waals surface area contributed by atoms with Gasteiger partial charge in [-0.1, -0.05) is 103 Å². The maximum Gasteiger partial charge on any atom is 0.145 e. The van der Waals surface area contributed by atoms with E-state index in [0.29, 0.717) is 0 Å². The van der Waals surface area contributed by atoms with E-state index in [1.54, 1.807) is 0 Å². The normalized spacial score (nSPS) is 15.7. The van der Waals surface area contributed by atoms with Crippen LogP contribution in [0.2, 0.25) is 0 Å². The molecule has 0 saturated carbocycles. The molecule has 0 aromatic heterocycles. The van der Waals surface area contributed by atoms with Crippen LogP contribution in [0.5, 0.6) is 0 Å². The minimum Gasteiger partial charge on any atom is -0.360 e. The van der Waals surface area contributed by atoms with Crippen LogP contribution in [0.3, 0.4) is 0 Å². The molecule has 1 N–H and O–H groups in total. The predicted molar refractivity (Wildman–Crippen MR) is 140 cm³/mol. The van der Waals surface area contributed by atoms with E-state index in [0.717, 1.165) is 33.6 Å². The van der Waals surface area contributed by atoms with E-state index >= 15 is 0 Å². The van der Waals surface area contributed by atoms with Crippen LogP contribution in [0.15, 0.2) is 120 Å². The van der Waals surface area contributed by atoms with Crippen molar-refractivity contribution < 1.29 is 0 Å². The highest BCUT2D eigenvalue weighted by atomic mass is 15.1. The molecular weight excluding hydrogens is 399 g/mol. The van der Waals surface area contributed by atoms with Gasteiger partial charge < -0.3 is 5.32 Å². The van der Waals surface area contributed by atoms with Gasteiger partial charge in [0.25, 0.3) is 0 Å².